The van der Waals surface area contributed by atoms with Crippen LogP contribution >= 0.6 is 0 Å². The van der Waals surface area contributed by atoms with Gasteiger partial charge in [0.1, 0.15) is 5.76 Å². The van der Waals surface area contributed by atoms with Crippen LogP contribution in [0, 0.1) is 12.3 Å². The number of carbonyl (C=O) groups is 1. The fourth-order valence-corrected chi connectivity index (χ4v) is 1.62. The minimum absolute atomic E-state index is 0.0206. The summed E-state index contributed by atoms with van der Waals surface area (Å²) < 4.78 is 5.41. The molecule has 1 aromatic heterocycles. The zero-order valence-electron chi connectivity index (χ0n) is 10.4. The number of hydrogen-bond acceptors (Lipinski definition) is 3. The normalized spacial score (nSPS) is 11.6. The van der Waals surface area contributed by atoms with Crippen LogP contribution in [0.25, 0.3) is 0 Å². The monoisotopic (exact) mass is 224 g/mol. The van der Waals surface area contributed by atoms with Crippen molar-refractivity contribution in [3.8, 4) is 0 Å². The molecule has 2 N–H and O–H groups in total. The number of nitrogens with two attached hydrogens (primary N) is 1. The lowest BCUT2D eigenvalue weighted by Gasteiger charge is -2.27. The highest BCUT2D eigenvalue weighted by Crippen LogP contribution is 2.26. The molecule has 0 fully saturated rings. The SMILES string of the molecule is Cc1ccc(N(C)C(=O)C(C)(C)CCN)o1. The molecule has 1 aromatic rings. The average molecular weight is 224 g/mol. The van der Waals surface area contributed by atoms with Crippen molar-refractivity contribution in [2.24, 2.45) is 11.1 Å². The summed E-state index contributed by atoms with van der Waals surface area (Å²) in [5, 5.41) is 0. The first-order valence-electron chi connectivity index (χ1n) is 5.43. The molecule has 0 radical (unpaired) electrons. The minimum Gasteiger partial charge on any atom is -0.445 e. The summed E-state index contributed by atoms with van der Waals surface area (Å²) in [6.07, 6.45) is 0.663. The van der Waals surface area contributed by atoms with Crippen molar-refractivity contribution in [1.29, 1.82) is 0 Å². The largest absolute Gasteiger partial charge is 0.445 e. The Morgan fingerprint density at radius 3 is 2.56 bits per heavy atom. The summed E-state index contributed by atoms with van der Waals surface area (Å²) in [5.41, 5.74) is 5.05. The van der Waals surface area contributed by atoms with Crippen LogP contribution in [-0.2, 0) is 4.79 Å². The third kappa shape index (κ3) is 2.64. The van der Waals surface area contributed by atoms with Gasteiger partial charge in [-0.25, -0.2) is 0 Å². The molecule has 90 valence electrons. The van der Waals surface area contributed by atoms with Gasteiger partial charge in [0.2, 0.25) is 11.8 Å². The second-order valence-electron chi connectivity index (χ2n) is 4.67. The van der Waals surface area contributed by atoms with Crippen LogP contribution in [0.15, 0.2) is 16.5 Å². The van der Waals surface area contributed by atoms with Crippen molar-refractivity contribution < 1.29 is 9.21 Å². The maximum absolute atomic E-state index is 12.2. The average Bonchev–Trinajstić information content (AvgIpc) is 2.62. The topological polar surface area (TPSA) is 59.5 Å². The first-order valence-corrected chi connectivity index (χ1v) is 5.43. The van der Waals surface area contributed by atoms with E-state index in [4.69, 9.17) is 10.2 Å². The lowest BCUT2D eigenvalue weighted by molar-refractivity contribution is -0.126. The van der Waals surface area contributed by atoms with Gasteiger partial charge in [0.15, 0.2) is 0 Å². The van der Waals surface area contributed by atoms with E-state index >= 15 is 0 Å². The quantitative estimate of drug-likeness (QED) is 0.850. The van der Waals surface area contributed by atoms with Crippen molar-refractivity contribution in [2.75, 3.05) is 18.5 Å². The van der Waals surface area contributed by atoms with Crippen molar-refractivity contribution in [1.82, 2.24) is 0 Å². The minimum atomic E-state index is -0.454. The molecule has 0 aliphatic carbocycles. The van der Waals surface area contributed by atoms with E-state index in [1.54, 1.807) is 18.0 Å². The summed E-state index contributed by atoms with van der Waals surface area (Å²) in [6, 6.07) is 3.64. The van der Waals surface area contributed by atoms with Gasteiger partial charge in [0.25, 0.3) is 0 Å². The van der Waals surface area contributed by atoms with Crippen molar-refractivity contribution in [3.63, 3.8) is 0 Å². The Bertz CT molecular complexity index is 369. The van der Waals surface area contributed by atoms with E-state index < -0.39 is 5.41 Å². The van der Waals surface area contributed by atoms with Crippen LogP contribution in [0.5, 0.6) is 0 Å². The number of anilines is 1. The first kappa shape index (κ1) is 12.8. The van der Waals surface area contributed by atoms with Gasteiger partial charge >= 0.3 is 0 Å². The highest BCUT2D eigenvalue weighted by Gasteiger charge is 2.31. The van der Waals surface area contributed by atoms with Crippen molar-refractivity contribution >= 4 is 11.8 Å². The van der Waals surface area contributed by atoms with Crippen LogP contribution in [0.4, 0.5) is 5.88 Å². The molecule has 0 aliphatic heterocycles. The predicted octanol–water partition coefficient (Wildman–Crippen LogP) is 1.93. The summed E-state index contributed by atoms with van der Waals surface area (Å²) in [7, 11) is 1.72. The van der Waals surface area contributed by atoms with Crippen LogP contribution in [0.2, 0.25) is 0 Å². The number of nitrogens with zero attached hydrogens (tertiary/aromatic N) is 1. The van der Waals surface area contributed by atoms with E-state index in [-0.39, 0.29) is 5.91 Å². The van der Waals surface area contributed by atoms with Gasteiger partial charge in [0, 0.05) is 18.5 Å². The third-order valence-electron chi connectivity index (χ3n) is 2.71. The molecule has 1 heterocycles. The van der Waals surface area contributed by atoms with E-state index in [2.05, 4.69) is 0 Å². The maximum Gasteiger partial charge on any atom is 0.234 e. The van der Waals surface area contributed by atoms with Gasteiger partial charge in [0.05, 0.1) is 0 Å². The number of carbonyl (C=O) groups excluding carboxylic acids is 1. The number of hydrogen-bond donors (Lipinski definition) is 1. The molecule has 4 nitrogen and oxygen atoms in total. The number of amides is 1. The molecule has 0 saturated heterocycles. The van der Waals surface area contributed by atoms with Gasteiger partial charge in [-0.15, -0.1) is 0 Å². The second kappa shape index (κ2) is 4.70. The first-order chi connectivity index (χ1) is 7.38. The lowest BCUT2D eigenvalue weighted by Crippen LogP contribution is -2.39. The van der Waals surface area contributed by atoms with E-state index in [0.29, 0.717) is 18.8 Å². The van der Waals surface area contributed by atoms with Gasteiger partial charge in [-0.3, -0.25) is 9.69 Å². The van der Waals surface area contributed by atoms with Gasteiger partial charge in [-0.2, -0.15) is 0 Å². The molecule has 0 aromatic carbocycles. The summed E-state index contributed by atoms with van der Waals surface area (Å²) >= 11 is 0. The van der Waals surface area contributed by atoms with Crippen molar-refractivity contribution in [2.45, 2.75) is 27.2 Å². The Hall–Kier alpha value is -1.29. The second-order valence-corrected chi connectivity index (χ2v) is 4.67. The summed E-state index contributed by atoms with van der Waals surface area (Å²) in [5.74, 6) is 1.39. The molecule has 0 aliphatic rings. The molecule has 16 heavy (non-hydrogen) atoms. The fraction of sp³-hybridized carbons (Fsp3) is 0.583. The lowest BCUT2D eigenvalue weighted by atomic mass is 9.88. The molecule has 1 amide bonds. The highest BCUT2D eigenvalue weighted by atomic mass is 16.4. The highest BCUT2D eigenvalue weighted by molar-refractivity contribution is 5.95. The van der Waals surface area contributed by atoms with E-state index in [1.165, 1.54) is 0 Å². The Morgan fingerprint density at radius 1 is 1.50 bits per heavy atom. The van der Waals surface area contributed by atoms with Crippen LogP contribution < -0.4 is 10.6 Å². The Labute approximate surface area is 96.4 Å². The van der Waals surface area contributed by atoms with Crippen LogP contribution in [-0.4, -0.2) is 19.5 Å². The molecule has 0 atom stereocenters. The third-order valence-corrected chi connectivity index (χ3v) is 2.71. The van der Waals surface area contributed by atoms with Crippen LogP contribution in [0.1, 0.15) is 26.0 Å². The zero-order valence-corrected chi connectivity index (χ0v) is 10.4. The standard InChI is InChI=1S/C12H20N2O2/c1-9-5-6-10(16-9)14(4)11(15)12(2,3)7-8-13/h5-6H,7-8,13H2,1-4H3. The molecule has 0 saturated carbocycles. The number of aryl methyl sites for hydroxylation is 1. The van der Waals surface area contributed by atoms with Gasteiger partial charge < -0.3 is 10.2 Å². The molecule has 0 spiro atoms. The van der Waals surface area contributed by atoms with E-state index in [1.807, 2.05) is 26.8 Å². The zero-order chi connectivity index (χ0) is 12.3. The van der Waals surface area contributed by atoms with Crippen LogP contribution in [0.3, 0.4) is 0 Å². The van der Waals surface area contributed by atoms with E-state index in [0.717, 1.165) is 5.76 Å². The molecule has 4 heteroatoms. The molecular formula is C12H20N2O2. The maximum atomic E-state index is 12.2. The van der Waals surface area contributed by atoms with E-state index in [9.17, 15) is 4.79 Å². The summed E-state index contributed by atoms with van der Waals surface area (Å²) in [6.45, 7) is 6.15. The predicted molar refractivity (Wildman–Crippen MR) is 64.3 cm³/mol. The Balaban J connectivity index is 2.82. The molecule has 1 rings (SSSR count). The fourth-order valence-electron chi connectivity index (χ4n) is 1.62. The van der Waals surface area contributed by atoms with Crippen molar-refractivity contribution in [3.05, 3.63) is 17.9 Å². The number of rotatable bonds is 4. The van der Waals surface area contributed by atoms with Gasteiger partial charge in [-0.05, 0) is 26.0 Å². The number of furan rings is 1. The molecular weight excluding hydrogens is 204 g/mol. The molecule has 0 bridgehead atoms. The molecule has 0 unspecified atom stereocenters. The summed E-state index contributed by atoms with van der Waals surface area (Å²) in [4.78, 5) is 13.7. The Morgan fingerprint density at radius 2 is 2.12 bits per heavy atom. The Kier molecular flexibility index (Phi) is 3.75. The van der Waals surface area contributed by atoms with Gasteiger partial charge in [-0.1, -0.05) is 13.8 Å². The smallest absolute Gasteiger partial charge is 0.234 e.